The molecule has 0 aliphatic rings. The first kappa shape index (κ1) is 21.3. The van der Waals surface area contributed by atoms with Gasteiger partial charge in [0, 0.05) is 30.9 Å². The lowest BCUT2D eigenvalue weighted by Crippen LogP contribution is -2.26. The molecule has 3 aromatic rings. The van der Waals surface area contributed by atoms with Crippen molar-refractivity contribution in [2.24, 2.45) is 0 Å². The number of nitrogens with zero attached hydrogens (tertiary/aromatic N) is 1. The molecule has 2 amide bonds. The van der Waals surface area contributed by atoms with Gasteiger partial charge in [-0.05, 0) is 48.4 Å². The minimum atomic E-state index is -0.663. The number of benzene rings is 2. The van der Waals surface area contributed by atoms with E-state index in [1.807, 2.05) is 18.2 Å². The maximum atomic E-state index is 13.8. The lowest BCUT2D eigenvalue weighted by atomic mass is 10.1. The van der Waals surface area contributed by atoms with Gasteiger partial charge in [-0.3, -0.25) is 14.6 Å². The molecule has 0 spiro atoms. The third-order valence-corrected chi connectivity index (χ3v) is 4.44. The van der Waals surface area contributed by atoms with Crippen LogP contribution in [0, 0.1) is 5.82 Å². The lowest BCUT2D eigenvalue weighted by molar-refractivity contribution is 0.0945. The highest BCUT2D eigenvalue weighted by Gasteiger charge is 2.11. The molecule has 2 N–H and O–H groups in total. The molecule has 6 nitrogen and oxygen atoms in total. The van der Waals surface area contributed by atoms with Crippen LogP contribution in [0.2, 0.25) is 5.02 Å². The van der Waals surface area contributed by atoms with E-state index in [1.165, 1.54) is 25.4 Å². The van der Waals surface area contributed by atoms with Crippen molar-refractivity contribution < 1.29 is 18.7 Å². The number of pyridine rings is 1. The van der Waals surface area contributed by atoms with Crippen molar-refractivity contribution in [1.29, 1.82) is 0 Å². The average molecular weight is 428 g/mol. The van der Waals surface area contributed by atoms with Crippen molar-refractivity contribution in [1.82, 2.24) is 15.6 Å². The minimum absolute atomic E-state index is 0.0545. The molecule has 1 heterocycles. The SMILES string of the molecule is CNC(=O)c1cc(Oc2cccc(CCNC(=O)c3ccc(Cl)cc3F)c2)ccn1. The standard InChI is InChI=1S/C22H19ClFN3O3/c1-25-22(29)20-13-17(8-10-26-20)30-16-4-2-3-14(11-16)7-9-27-21(28)18-6-5-15(23)12-19(18)24/h2-6,8,10-13H,7,9H2,1H3,(H,25,29)(H,27,28). The van der Waals surface area contributed by atoms with Gasteiger partial charge in [0.25, 0.3) is 11.8 Å². The summed E-state index contributed by atoms with van der Waals surface area (Å²) in [5, 5.41) is 5.43. The third kappa shape index (κ3) is 5.55. The van der Waals surface area contributed by atoms with Gasteiger partial charge in [0.05, 0.1) is 5.56 Å². The Morgan fingerprint density at radius 1 is 1.07 bits per heavy atom. The maximum absolute atomic E-state index is 13.8. The van der Waals surface area contributed by atoms with Crippen molar-refractivity contribution in [3.8, 4) is 11.5 Å². The molecule has 2 aromatic carbocycles. The summed E-state index contributed by atoms with van der Waals surface area (Å²) in [6.45, 7) is 0.320. The first-order valence-electron chi connectivity index (χ1n) is 9.14. The molecular weight excluding hydrogens is 409 g/mol. The predicted molar refractivity (Wildman–Crippen MR) is 112 cm³/mol. The van der Waals surface area contributed by atoms with Crippen molar-refractivity contribution in [3.05, 3.63) is 88.5 Å². The van der Waals surface area contributed by atoms with Gasteiger partial charge in [0.15, 0.2) is 0 Å². The van der Waals surface area contributed by atoms with Crippen LogP contribution in [0.15, 0.2) is 60.8 Å². The van der Waals surface area contributed by atoms with E-state index >= 15 is 0 Å². The topological polar surface area (TPSA) is 80.3 Å². The highest BCUT2D eigenvalue weighted by atomic mass is 35.5. The molecule has 0 atom stereocenters. The molecule has 1 aromatic heterocycles. The number of hydrogen-bond donors (Lipinski definition) is 2. The Labute approximate surface area is 178 Å². The van der Waals surface area contributed by atoms with Crippen LogP contribution in [0.4, 0.5) is 4.39 Å². The highest BCUT2D eigenvalue weighted by Crippen LogP contribution is 2.22. The molecule has 0 radical (unpaired) electrons. The fourth-order valence-corrected chi connectivity index (χ4v) is 2.88. The molecule has 0 aliphatic heterocycles. The van der Waals surface area contributed by atoms with Crippen molar-refractivity contribution in [2.45, 2.75) is 6.42 Å². The molecule has 0 fully saturated rings. The molecule has 0 saturated carbocycles. The first-order valence-corrected chi connectivity index (χ1v) is 9.52. The van der Waals surface area contributed by atoms with Crippen molar-refractivity contribution in [3.63, 3.8) is 0 Å². The number of hydrogen-bond acceptors (Lipinski definition) is 4. The van der Waals surface area contributed by atoms with Crippen LogP contribution < -0.4 is 15.4 Å². The Balaban J connectivity index is 1.59. The number of ether oxygens (including phenoxy) is 1. The summed E-state index contributed by atoms with van der Waals surface area (Å²) in [7, 11) is 1.53. The summed E-state index contributed by atoms with van der Waals surface area (Å²) in [5.41, 5.74) is 1.12. The summed E-state index contributed by atoms with van der Waals surface area (Å²) >= 11 is 5.70. The fourth-order valence-electron chi connectivity index (χ4n) is 2.72. The van der Waals surface area contributed by atoms with Gasteiger partial charge in [-0.1, -0.05) is 23.7 Å². The van der Waals surface area contributed by atoms with Crippen LogP contribution in [0.3, 0.4) is 0 Å². The van der Waals surface area contributed by atoms with E-state index < -0.39 is 11.7 Å². The van der Waals surface area contributed by atoms with Crippen LogP contribution in [-0.4, -0.2) is 30.4 Å². The van der Waals surface area contributed by atoms with E-state index in [0.717, 1.165) is 11.6 Å². The van der Waals surface area contributed by atoms with E-state index in [0.29, 0.717) is 24.5 Å². The Morgan fingerprint density at radius 3 is 2.63 bits per heavy atom. The van der Waals surface area contributed by atoms with Gasteiger partial charge < -0.3 is 15.4 Å². The Morgan fingerprint density at radius 2 is 1.87 bits per heavy atom. The predicted octanol–water partition coefficient (Wildman–Crippen LogP) is 4.00. The molecule has 3 rings (SSSR count). The van der Waals surface area contributed by atoms with Gasteiger partial charge in [0.1, 0.15) is 23.0 Å². The zero-order valence-electron chi connectivity index (χ0n) is 16.1. The molecule has 0 saturated heterocycles. The van der Waals surface area contributed by atoms with Gasteiger partial charge in [0.2, 0.25) is 0 Å². The first-order chi connectivity index (χ1) is 14.5. The van der Waals surface area contributed by atoms with E-state index in [1.54, 1.807) is 18.2 Å². The molecule has 30 heavy (non-hydrogen) atoms. The van der Waals surface area contributed by atoms with Crippen molar-refractivity contribution >= 4 is 23.4 Å². The summed E-state index contributed by atoms with van der Waals surface area (Å²) in [6, 6.07) is 14.5. The molecule has 154 valence electrons. The third-order valence-electron chi connectivity index (χ3n) is 4.20. The lowest BCUT2D eigenvalue weighted by Gasteiger charge is -2.10. The Bertz CT molecular complexity index is 1070. The molecule has 8 heteroatoms. The monoisotopic (exact) mass is 427 g/mol. The quantitative estimate of drug-likeness (QED) is 0.597. The largest absolute Gasteiger partial charge is 0.457 e. The minimum Gasteiger partial charge on any atom is -0.457 e. The fraction of sp³-hybridized carbons (Fsp3) is 0.136. The van der Waals surface area contributed by atoms with Gasteiger partial charge in [-0.25, -0.2) is 4.39 Å². The van der Waals surface area contributed by atoms with Crippen LogP contribution in [0.25, 0.3) is 0 Å². The number of amides is 2. The maximum Gasteiger partial charge on any atom is 0.269 e. The Kier molecular flexibility index (Phi) is 6.98. The van der Waals surface area contributed by atoms with E-state index in [9.17, 15) is 14.0 Å². The summed E-state index contributed by atoms with van der Waals surface area (Å²) < 4.78 is 19.6. The zero-order valence-corrected chi connectivity index (χ0v) is 16.9. The summed E-state index contributed by atoms with van der Waals surface area (Å²) in [4.78, 5) is 27.8. The number of aromatic nitrogens is 1. The second-order valence-corrected chi connectivity index (χ2v) is 6.77. The normalized spacial score (nSPS) is 10.4. The second-order valence-electron chi connectivity index (χ2n) is 6.34. The molecule has 0 bridgehead atoms. The number of rotatable bonds is 7. The number of halogens is 2. The molecule has 0 unspecified atom stereocenters. The molecule has 0 aliphatic carbocycles. The van der Waals surface area contributed by atoms with Crippen LogP contribution >= 0.6 is 11.6 Å². The highest BCUT2D eigenvalue weighted by molar-refractivity contribution is 6.30. The summed E-state index contributed by atoms with van der Waals surface area (Å²) in [5.74, 6) is -0.412. The Hall–Kier alpha value is -3.45. The van der Waals surface area contributed by atoms with Crippen LogP contribution in [0.5, 0.6) is 11.5 Å². The average Bonchev–Trinajstić information content (AvgIpc) is 2.73. The zero-order chi connectivity index (χ0) is 21.5. The summed E-state index contributed by atoms with van der Waals surface area (Å²) in [6.07, 6.45) is 2.02. The van der Waals surface area contributed by atoms with Crippen LogP contribution in [-0.2, 0) is 6.42 Å². The van der Waals surface area contributed by atoms with Gasteiger partial charge in [-0.15, -0.1) is 0 Å². The number of nitrogens with one attached hydrogen (secondary N) is 2. The smallest absolute Gasteiger partial charge is 0.269 e. The molecular formula is C22H19ClFN3O3. The van der Waals surface area contributed by atoms with E-state index in [4.69, 9.17) is 16.3 Å². The van der Waals surface area contributed by atoms with Gasteiger partial charge in [-0.2, -0.15) is 0 Å². The van der Waals surface area contributed by atoms with E-state index in [2.05, 4.69) is 15.6 Å². The number of carbonyl (C=O) groups excluding carboxylic acids is 2. The number of carbonyl (C=O) groups is 2. The van der Waals surface area contributed by atoms with Gasteiger partial charge >= 0.3 is 0 Å². The van der Waals surface area contributed by atoms with E-state index in [-0.39, 0.29) is 22.2 Å². The van der Waals surface area contributed by atoms with Crippen molar-refractivity contribution in [2.75, 3.05) is 13.6 Å². The van der Waals surface area contributed by atoms with Crippen LogP contribution in [0.1, 0.15) is 26.4 Å². The second kappa shape index (κ2) is 9.84.